The van der Waals surface area contributed by atoms with E-state index in [-0.39, 0.29) is 13.3 Å². The standard InChI is InChI=1S/C18H30N2O.C4H3FO6.CH4/c1-5-16(4)20(6-2)13-8-7-12-18(21)19-17-11-9-10-15(3)14-17;5-4(1(6)7,2(8)9)3(10)11;/h9-11,14,16H,5-8,12-13H2,1-4H3,(H,19,21);(H,6,7)(H,8,9)(H,10,11);1H4/p-3. The minimum absolute atomic E-state index is 0. The predicted octanol–water partition coefficient (Wildman–Crippen LogP) is -0.195. The number of aliphatic carboxylic acids is 3. The Bertz CT molecular complexity index is 750. The fourth-order valence-corrected chi connectivity index (χ4v) is 2.75. The zero-order chi connectivity index (χ0) is 24.9. The van der Waals surface area contributed by atoms with E-state index in [2.05, 4.69) is 31.0 Å². The number of carbonyl (C=O) groups is 4. The van der Waals surface area contributed by atoms with Crippen molar-refractivity contribution in [1.82, 2.24) is 4.90 Å². The van der Waals surface area contributed by atoms with Crippen molar-refractivity contribution in [3.8, 4) is 0 Å². The molecule has 0 aliphatic heterocycles. The van der Waals surface area contributed by atoms with Gasteiger partial charge >= 0.3 is 0 Å². The molecule has 0 saturated heterocycles. The molecule has 0 heterocycles. The van der Waals surface area contributed by atoms with Gasteiger partial charge in [-0.1, -0.05) is 33.4 Å². The van der Waals surface area contributed by atoms with Gasteiger partial charge in [0.25, 0.3) is 0 Å². The average molecular weight is 470 g/mol. The lowest BCUT2D eigenvalue weighted by molar-refractivity contribution is -0.360. The number of amides is 1. The molecular weight excluding hydrogens is 435 g/mol. The van der Waals surface area contributed by atoms with Gasteiger partial charge in [0.2, 0.25) is 11.6 Å². The maximum absolute atomic E-state index is 12.2. The summed E-state index contributed by atoms with van der Waals surface area (Å²) < 4.78 is 12.2. The van der Waals surface area contributed by atoms with Crippen LogP contribution in [0, 0.1) is 6.92 Å². The van der Waals surface area contributed by atoms with Crippen LogP contribution < -0.4 is 20.6 Å². The number of benzene rings is 1. The Morgan fingerprint density at radius 1 is 1.06 bits per heavy atom. The van der Waals surface area contributed by atoms with Crippen molar-refractivity contribution in [1.29, 1.82) is 0 Å². The molecule has 0 aliphatic carbocycles. The second-order valence-electron chi connectivity index (χ2n) is 7.28. The number of anilines is 1. The van der Waals surface area contributed by atoms with Crippen LogP contribution in [0.4, 0.5) is 10.1 Å². The number of hydrogen-bond donors (Lipinski definition) is 1. The van der Waals surface area contributed by atoms with Crippen LogP contribution in [0.1, 0.15) is 59.4 Å². The van der Waals surface area contributed by atoms with Crippen LogP contribution in [0.25, 0.3) is 0 Å². The van der Waals surface area contributed by atoms with E-state index in [1.807, 2.05) is 31.2 Å². The molecule has 0 fully saturated rings. The van der Waals surface area contributed by atoms with Crippen LogP contribution in [0.5, 0.6) is 0 Å². The van der Waals surface area contributed by atoms with Crippen LogP contribution >= 0.6 is 0 Å². The minimum Gasteiger partial charge on any atom is -0.546 e. The first-order valence-corrected chi connectivity index (χ1v) is 10.3. The summed E-state index contributed by atoms with van der Waals surface area (Å²) in [6, 6.07) is 8.57. The molecule has 1 aromatic carbocycles. The van der Waals surface area contributed by atoms with Gasteiger partial charge in [0.05, 0.1) is 17.9 Å². The van der Waals surface area contributed by atoms with Gasteiger partial charge in [-0.25, -0.2) is 4.39 Å². The van der Waals surface area contributed by atoms with Crippen molar-refractivity contribution in [3.05, 3.63) is 29.8 Å². The first-order valence-electron chi connectivity index (χ1n) is 10.3. The van der Waals surface area contributed by atoms with Gasteiger partial charge in [-0.05, 0) is 63.9 Å². The molecule has 188 valence electrons. The van der Waals surface area contributed by atoms with Gasteiger partial charge < -0.3 is 39.9 Å². The average Bonchev–Trinajstić information content (AvgIpc) is 2.72. The van der Waals surface area contributed by atoms with E-state index >= 15 is 0 Å². The molecule has 0 saturated carbocycles. The van der Waals surface area contributed by atoms with Gasteiger partial charge in [-0.15, -0.1) is 0 Å². The van der Waals surface area contributed by atoms with E-state index in [0.29, 0.717) is 12.5 Å². The van der Waals surface area contributed by atoms with Crippen LogP contribution in [0.3, 0.4) is 0 Å². The first kappa shape index (κ1) is 32.2. The summed E-state index contributed by atoms with van der Waals surface area (Å²) >= 11 is 0. The Balaban J connectivity index is 0. The summed E-state index contributed by atoms with van der Waals surface area (Å²) in [7, 11) is 0. The second-order valence-corrected chi connectivity index (χ2v) is 7.28. The maximum atomic E-state index is 12.2. The Labute approximate surface area is 194 Å². The number of unbranched alkanes of at least 4 members (excludes halogenated alkanes) is 1. The molecule has 1 unspecified atom stereocenters. The van der Waals surface area contributed by atoms with Crippen LogP contribution in [-0.4, -0.2) is 53.5 Å². The van der Waals surface area contributed by atoms with Crippen molar-refractivity contribution < 1.29 is 38.9 Å². The molecule has 1 aromatic rings. The number of hydrogen-bond acceptors (Lipinski definition) is 8. The fraction of sp³-hybridized carbons (Fsp3) is 0.565. The van der Waals surface area contributed by atoms with Gasteiger partial charge in [0, 0.05) is 18.2 Å². The fourth-order valence-electron chi connectivity index (χ4n) is 2.75. The van der Waals surface area contributed by atoms with E-state index in [1.165, 1.54) is 12.0 Å². The van der Waals surface area contributed by atoms with Gasteiger partial charge in [-0.2, -0.15) is 0 Å². The van der Waals surface area contributed by atoms with Gasteiger partial charge in [0.15, 0.2) is 0 Å². The Morgan fingerprint density at radius 2 is 1.61 bits per heavy atom. The van der Waals surface area contributed by atoms with Crippen LogP contribution in [0.15, 0.2) is 24.3 Å². The third-order valence-corrected chi connectivity index (χ3v) is 4.87. The smallest absolute Gasteiger partial charge is 0.228 e. The summed E-state index contributed by atoms with van der Waals surface area (Å²) in [5.74, 6) is -8.68. The molecule has 1 atom stereocenters. The number of halogens is 1. The highest BCUT2D eigenvalue weighted by molar-refractivity contribution is 6.18. The highest BCUT2D eigenvalue weighted by Gasteiger charge is 2.35. The Kier molecular flexibility index (Phi) is 15.3. The minimum atomic E-state index is -4.58. The molecule has 10 heteroatoms. The normalized spacial score (nSPS) is 11.5. The summed E-state index contributed by atoms with van der Waals surface area (Å²) in [6.07, 6.45) is 3.82. The lowest BCUT2D eigenvalue weighted by atomic mass is 10.1. The Hall–Kier alpha value is -3.01. The van der Waals surface area contributed by atoms with E-state index in [4.69, 9.17) is 0 Å². The second kappa shape index (κ2) is 15.7. The number of carboxylic acid groups (broad SMARTS) is 3. The molecule has 9 nitrogen and oxygen atoms in total. The quantitative estimate of drug-likeness (QED) is 0.326. The maximum Gasteiger partial charge on any atom is 0.228 e. The lowest BCUT2D eigenvalue weighted by Gasteiger charge is -2.27. The number of rotatable bonds is 12. The molecule has 0 aliphatic rings. The first-order chi connectivity index (χ1) is 14.9. The van der Waals surface area contributed by atoms with E-state index in [1.54, 1.807) is 0 Å². The van der Waals surface area contributed by atoms with Gasteiger partial charge in [0.1, 0.15) is 0 Å². The van der Waals surface area contributed by atoms with Crippen molar-refractivity contribution in [3.63, 3.8) is 0 Å². The topological polar surface area (TPSA) is 153 Å². The van der Waals surface area contributed by atoms with Crippen molar-refractivity contribution in [2.45, 2.75) is 72.5 Å². The molecule has 1 rings (SSSR count). The number of aryl methyl sites for hydroxylation is 1. The number of alkyl halides is 1. The van der Waals surface area contributed by atoms with Crippen LogP contribution in [-0.2, 0) is 19.2 Å². The van der Waals surface area contributed by atoms with Gasteiger partial charge in [-0.3, -0.25) is 4.79 Å². The number of nitrogens with one attached hydrogen (secondary N) is 1. The highest BCUT2D eigenvalue weighted by Crippen LogP contribution is 2.11. The molecule has 1 amide bonds. The number of carboxylic acids is 3. The van der Waals surface area contributed by atoms with Crippen molar-refractivity contribution in [2.75, 3.05) is 18.4 Å². The molecule has 1 N–H and O–H groups in total. The monoisotopic (exact) mass is 469 g/mol. The molecule has 0 spiro atoms. The predicted molar refractivity (Wildman–Crippen MR) is 116 cm³/mol. The number of carbonyl (C=O) groups excluding carboxylic acids is 4. The SMILES string of the molecule is C.CCC(C)N(CC)CCCCC(=O)Nc1cccc(C)c1.O=C([O-])C(F)(C(=O)[O-])C(=O)[O-]. The molecule has 0 radical (unpaired) electrons. The molecule has 33 heavy (non-hydrogen) atoms. The molecule has 0 bridgehead atoms. The van der Waals surface area contributed by atoms with Crippen LogP contribution in [0.2, 0.25) is 0 Å². The third kappa shape index (κ3) is 10.9. The Morgan fingerprint density at radius 3 is 2.00 bits per heavy atom. The van der Waals surface area contributed by atoms with Crippen molar-refractivity contribution in [2.24, 2.45) is 0 Å². The lowest BCUT2D eigenvalue weighted by Crippen LogP contribution is -2.65. The summed E-state index contributed by atoms with van der Waals surface area (Å²) in [6.45, 7) is 10.9. The van der Waals surface area contributed by atoms with E-state index < -0.39 is 23.6 Å². The summed E-state index contributed by atoms with van der Waals surface area (Å²) in [5.41, 5.74) is -2.52. The number of nitrogens with zero attached hydrogens (tertiary/aromatic N) is 1. The zero-order valence-corrected chi connectivity index (χ0v) is 18.8. The van der Waals surface area contributed by atoms with E-state index in [0.717, 1.165) is 31.6 Å². The summed E-state index contributed by atoms with van der Waals surface area (Å²) in [5, 5.41) is 31.7. The van der Waals surface area contributed by atoms with Crippen molar-refractivity contribution >= 4 is 29.5 Å². The van der Waals surface area contributed by atoms with E-state index in [9.17, 15) is 38.9 Å². The summed E-state index contributed by atoms with van der Waals surface area (Å²) in [4.78, 5) is 43.1. The molecular formula is C23H34FN2O7-3. The zero-order valence-electron chi connectivity index (χ0n) is 18.8. The largest absolute Gasteiger partial charge is 0.546 e. The highest BCUT2D eigenvalue weighted by atomic mass is 19.1. The molecule has 0 aromatic heterocycles. The third-order valence-electron chi connectivity index (χ3n) is 4.87.